The van der Waals surface area contributed by atoms with Crippen molar-refractivity contribution in [2.75, 3.05) is 13.7 Å². The molecule has 0 atom stereocenters. The number of carbonyl (C=O) groups excluding carboxylic acids is 3. The van der Waals surface area contributed by atoms with Crippen molar-refractivity contribution in [3.05, 3.63) is 42.0 Å². The maximum Gasteiger partial charge on any atom is 0.349 e. The summed E-state index contributed by atoms with van der Waals surface area (Å²) in [6, 6.07) is 5.78. The molecule has 0 saturated carbocycles. The molecule has 0 aliphatic heterocycles. The lowest BCUT2D eigenvalue weighted by Gasteiger charge is -2.06. The molecule has 0 radical (unpaired) electrons. The van der Waals surface area contributed by atoms with Crippen LogP contribution in [0.4, 0.5) is 0 Å². The number of ether oxygens (including phenoxy) is 3. The van der Waals surface area contributed by atoms with Gasteiger partial charge in [0.2, 0.25) is 0 Å². The normalized spacial score (nSPS) is 9.50. The highest BCUT2D eigenvalue weighted by Crippen LogP contribution is 2.13. The van der Waals surface area contributed by atoms with Crippen LogP contribution in [-0.2, 0) is 19.1 Å². The molecule has 106 valence electrons. The number of rotatable bonds is 5. The number of benzene rings is 1. The molecular weight excluding hydrogens is 264 g/mol. The molecule has 1 aromatic rings. The minimum atomic E-state index is -0.731. The van der Waals surface area contributed by atoms with Crippen molar-refractivity contribution in [2.24, 2.45) is 0 Å². The van der Waals surface area contributed by atoms with E-state index >= 15 is 0 Å². The van der Waals surface area contributed by atoms with Crippen LogP contribution >= 0.6 is 0 Å². The Labute approximate surface area is 115 Å². The predicted octanol–water partition coefficient (Wildman–Crippen LogP) is 1.50. The fraction of sp³-hybridized carbons (Fsp3) is 0.214. The molecule has 0 aliphatic rings. The number of hydrogen-bond donors (Lipinski definition) is 0. The summed E-state index contributed by atoms with van der Waals surface area (Å²) in [6.45, 7) is 4.34. The van der Waals surface area contributed by atoms with E-state index in [1.807, 2.05) is 0 Å². The summed E-state index contributed by atoms with van der Waals surface area (Å²) in [5.74, 6) is -1.65. The summed E-state index contributed by atoms with van der Waals surface area (Å²) < 4.78 is 14.1. The summed E-state index contributed by atoms with van der Waals surface area (Å²) in [5, 5.41) is 0. The molecule has 0 N–H and O–H groups in total. The highest BCUT2D eigenvalue weighted by atomic mass is 16.6. The summed E-state index contributed by atoms with van der Waals surface area (Å²) >= 11 is 0. The van der Waals surface area contributed by atoms with Gasteiger partial charge in [0.15, 0.2) is 6.61 Å². The average molecular weight is 278 g/mol. The second-order valence-corrected chi connectivity index (χ2v) is 3.85. The summed E-state index contributed by atoms with van der Waals surface area (Å²) in [6.07, 6.45) is 0. The summed E-state index contributed by atoms with van der Waals surface area (Å²) in [5.41, 5.74) is 0.529. The van der Waals surface area contributed by atoms with Gasteiger partial charge >= 0.3 is 17.9 Å². The fourth-order valence-electron chi connectivity index (χ4n) is 1.19. The Bertz CT molecular complexity index is 529. The average Bonchev–Trinajstić information content (AvgIpc) is 2.44. The zero-order valence-electron chi connectivity index (χ0n) is 11.2. The summed E-state index contributed by atoms with van der Waals surface area (Å²) in [7, 11) is 1.27. The third kappa shape index (κ3) is 4.56. The van der Waals surface area contributed by atoms with Crippen LogP contribution in [-0.4, -0.2) is 31.6 Å². The smallest absolute Gasteiger partial charge is 0.349 e. The van der Waals surface area contributed by atoms with Gasteiger partial charge in [-0.15, -0.1) is 0 Å². The first-order valence-corrected chi connectivity index (χ1v) is 5.65. The van der Waals surface area contributed by atoms with Crippen LogP contribution in [0.1, 0.15) is 17.3 Å². The zero-order chi connectivity index (χ0) is 15.1. The van der Waals surface area contributed by atoms with Gasteiger partial charge in [0, 0.05) is 5.57 Å². The molecule has 0 heterocycles. The molecule has 20 heavy (non-hydrogen) atoms. The van der Waals surface area contributed by atoms with E-state index in [1.54, 1.807) is 0 Å². The molecule has 0 aromatic heterocycles. The van der Waals surface area contributed by atoms with E-state index in [2.05, 4.69) is 16.1 Å². The van der Waals surface area contributed by atoms with Crippen LogP contribution in [0.2, 0.25) is 0 Å². The summed E-state index contributed by atoms with van der Waals surface area (Å²) in [4.78, 5) is 33.7. The third-order valence-corrected chi connectivity index (χ3v) is 2.18. The van der Waals surface area contributed by atoms with Crippen molar-refractivity contribution >= 4 is 17.9 Å². The van der Waals surface area contributed by atoms with Gasteiger partial charge in [-0.1, -0.05) is 6.58 Å². The zero-order valence-corrected chi connectivity index (χ0v) is 11.2. The van der Waals surface area contributed by atoms with Gasteiger partial charge < -0.3 is 14.2 Å². The van der Waals surface area contributed by atoms with Gasteiger partial charge in [-0.2, -0.15) is 0 Å². The second-order valence-electron chi connectivity index (χ2n) is 3.85. The van der Waals surface area contributed by atoms with E-state index in [9.17, 15) is 14.4 Å². The number of hydrogen-bond acceptors (Lipinski definition) is 6. The Morgan fingerprint density at radius 2 is 1.75 bits per heavy atom. The number of carbonyl (C=O) groups is 3. The molecule has 0 amide bonds. The van der Waals surface area contributed by atoms with Crippen molar-refractivity contribution in [3.63, 3.8) is 0 Å². The van der Waals surface area contributed by atoms with Gasteiger partial charge in [-0.25, -0.2) is 14.4 Å². The molecule has 0 aliphatic carbocycles. The molecule has 0 fully saturated rings. The number of methoxy groups -OCH3 is 1. The van der Waals surface area contributed by atoms with E-state index in [0.29, 0.717) is 5.56 Å². The van der Waals surface area contributed by atoms with Gasteiger partial charge in [0.1, 0.15) is 5.75 Å². The molecule has 0 saturated heterocycles. The highest BCUT2D eigenvalue weighted by Gasteiger charge is 2.11. The quantitative estimate of drug-likeness (QED) is 0.461. The maximum atomic E-state index is 11.4. The molecule has 0 spiro atoms. The van der Waals surface area contributed by atoms with Crippen molar-refractivity contribution in [2.45, 2.75) is 6.92 Å². The Morgan fingerprint density at radius 3 is 2.25 bits per heavy atom. The highest BCUT2D eigenvalue weighted by molar-refractivity contribution is 5.90. The fourth-order valence-corrected chi connectivity index (χ4v) is 1.19. The lowest BCUT2D eigenvalue weighted by molar-refractivity contribution is -0.150. The van der Waals surface area contributed by atoms with Gasteiger partial charge in [0.05, 0.1) is 12.7 Å². The molecule has 1 rings (SSSR count). The van der Waals surface area contributed by atoms with E-state index < -0.39 is 24.5 Å². The first-order valence-electron chi connectivity index (χ1n) is 5.65. The van der Waals surface area contributed by atoms with Crippen molar-refractivity contribution < 1.29 is 28.6 Å². The van der Waals surface area contributed by atoms with E-state index in [4.69, 9.17) is 4.74 Å². The van der Waals surface area contributed by atoms with E-state index in [0.717, 1.165) is 0 Å². The second kappa shape index (κ2) is 7.08. The Balaban J connectivity index is 2.52. The maximum absolute atomic E-state index is 11.4. The first-order chi connectivity index (χ1) is 9.43. The third-order valence-electron chi connectivity index (χ3n) is 2.18. The van der Waals surface area contributed by atoms with Crippen molar-refractivity contribution in [3.8, 4) is 5.75 Å². The minimum absolute atomic E-state index is 0.195. The van der Waals surface area contributed by atoms with Gasteiger partial charge in [0.25, 0.3) is 0 Å². The van der Waals surface area contributed by atoms with Gasteiger partial charge in [-0.3, -0.25) is 0 Å². The monoisotopic (exact) mass is 278 g/mol. The molecule has 6 heteroatoms. The van der Waals surface area contributed by atoms with Crippen LogP contribution in [0.15, 0.2) is 36.4 Å². The standard InChI is InChI=1S/C14H14O6/c1-9(2)13(16)19-8-12(15)20-11-6-4-10(5-7-11)14(17)18-3/h4-7H,1,8H2,2-3H3. The van der Waals surface area contributed by atoms with Crippen LogP contribution in [0.5, 0.6) is 5.75 Å². The first kappa shape index (κ1) is 15.4. The Hall–Kier alpha value is -2.63. The number of esters is 3. The molecule has 0 bridgehead atoms. The Morgan fingerprint density at radius 1 is 1.15 bits per heavy atom. The van der Waals surface area contributed by atoms with Gasteiger partial charge in [-0.05, 0) is 31.2 Å². The van der Waals surface area contributed by atoms with Crippen LogP contribution in [0.25, 0.3) is 0 Å². The molecular formula is C14H14O6. The molecule has 0 unspecified atom stereocenters. The van der Waals surface area contributed by atoms with E-state index in [1.165, 1.54) is 38.3 Å². The largest absolute Gasteiger partial charge is 0.465 e. The van der Waals surface area contributed by atoms with Crippen molar-refractivity contribution in [1.82, 2.24) is 0 Å². The Kier molecular flexibility index (Phi) is 5.46. The predicted molar refractivity (Wildman–Crippen MR) is 69.2 cm³/mol. The lowest BCUT2D eigenvalue weighted by atomic mass is 10.2. The minimum Gasteiger partial charge on any atom is -0.465 e. The lowest BCUT2D eigenvalue weighted by Crippen LogP contribution is -2.19. The van der Waals surface area contributed by atoms with Crippen LogP contribution in [0, 0.1) is 0 Å². The van der Waals surface area contributed by atoms with Crippen molar-refractivity contribution in [1.29, 1.82) is 0 Å². The van der Waals surface area contributed by atoms with Crippen LogP contribution < -0.4 is 4.74 Å². The topological polar surface area (TPSA) is 78.9 Å². The molecule has 1 aromatic carbocycles. The SMILES string of the molecule is C=C(C)C(=O)OCC(=O)Oc1ccc(C(=O)OC)cc1. The van der Waals surface area contributed by atoms with E-state index in [-0.39, 0.29) is 11.3 Å². The van der Waals surface area contributed by atoms with Crippen LogP contribution in [0.3, 0.4) is 0 Å². The molecule has 6 nitrogen and oxygen atoms in total.